The summed E-state index contributed by atoms with van der Waals surface area (Å²) in [5.74, 6) is 0.213. The van der Waals surface area contributed by atoms with Crippen LogP contribution < -0.4 is 0 Å². The highest BCUT2D eigenvalue weighted by Gasteiger charge is 2.38. The van der Waals surface area contributed by atoms with Crippen molar-refractivity contribution in [3.8, 4) is 0 Å². The normalized spacial score (nSPS) is 15.6. The van der Waals surface area contributed by atoms with E-state index in [0.29, 0.717) is 6.54 Å². The number of carbonyl (C=O) groups is 1. The monoisotopic (exact) mass is 329 g/mol. The van der Waals surface area contributed by atoms with E-state index in [1.165, 1.54) is 24.8 Å². The Hall–Kier alpha value is -1.64. The highest BCUT2D eigenvalue weighted by atomic mass is 35.5. The van der Waals surface area contributed by atoms with Crippen LogP contribution in [0.4, 0.5) is 0 Å². The second kappa shape index (κ2) is 7.76. The van der Waals surface area contributed by atoms with Gasteiger partial charge in [0.1, 0.15) is 0 Å². The van der Waals surface area contributed by atoms with Crippen molar-refractivity contribution in [1.82, 2.24) is 4.90 Å². The predicted octanol–water partition coefficient (Wildman–Crippen LogP) is 4.74. The molecule has 3 heteroatoms. The maximum absolute atomic E-state index is 12.6. The van der Waals surface area contributed by atoms with Gasteiger partial charge in [-0.25, -0.2) is 0 Å². The molecule has 0 N–H and O–H groups in total. The van der Waals surface area contributed by atoms with E-state index in [1.54, 1.807) is 0 Å². The molecule has 1 fully saturated rings. The van der Waals surface area contributed by atoms with E-state index < -0.39 is 0 Å². The first-order chi connectivity index (χ1) is 10.7. The largest absolute Gasteiger partial charge is 0.293 e. The number of hydrogen-bond donors (Lipinski definition) is 0. The molecule has 2 nitrogen and oxygen atoms in total. The smallest absolute Gasteiger partial charge is 0.176 e. The molecular formula is C20H24ClNO. The Kier molecular flexibility index (Phi) is 5.97. The molecule has 1 aliphatic rings. The third-order valence-corrected chi connectivity index (χ3v) is 4.84. The van der Waals surface area contributed by atoms with Gasteiger partial charge in [0, 0.05) is 17.6 Å². The number of ketones is 1. The van der Waals surface area contributed by atoms with E-state index in [2.05, 4.69) is 36.1 Å². The highest BCUT2D eigenvalue weighted by Crippen LogP contribution is 2.38. The fourth-order valence-corrected chi connectivity index (χ4v) is 3.13. The van der Waals surface area contributed by atoms with Crippen LogP contribution in [0.1, 0.15) is 42.1 Å². The van der Waals surface area contributed by atoms with Gasteiger partial charge in [0.15, 0.2) is 5.78 Å². The quantitative estimate of drug-likeness (QED) is 0.714. The van der Waals surface area contributed by atoms with Crippen molar-refractivity contribution in [3.63, 3.8) is 0 Å². The van der Waals surface area contributed by atoms with Gasteiger partial charge < -0.3 is 0 Å². The molecule has 23 heavy (non-hydrogen) atoms. The van der Waals surface area contributed by atoms with E-state index in [0.717, 1.165) is 12.1 Å². The molecule has 2 aromatic rings. The minimum absolute atomic E-state index is 0. The second-order valence-corrected chi connectivity index (χ2v) is 6.48. The average molecular weight is 330 g/mol. The van der Waals surface area contributed by atoms with Gasteiger partial charge in [0.2, 0.25) is 0 Å². The number of nitrogens with zero attached hydrogens (tertiary/aromatic N) is 1. The lowest BCUT2D eigenvalue weighted by Gasteiger charge is -2.48. The third-order valence-electron chi connectivity index (χ3n) is 4.84. The summed E-state index contributed by atoms with van der Waals surface area (Å²) in [6, 6.07) is 20.1. The lowest BCUT2D eigenvalue weighted by Crippen LogP contribution is -2.52. The Balaban J connectivity index is 0.00000192. The van der Waals surface area contributed by atoms with Crippen molar-refractivity contribution in [2.45, 2.75) is 38.3 Å². The standard InChI is InChI=1S/C20H23NO.ClH/c1-20(13-8-14-20)21(15-17-9-4-2-5-10-17)16-19(22)18-11-6-3-7-12-18;/h2-7,9-12H,8,13-16H2,1H3;1H. The van der Waals surface area contributed by atoms with Crippen LogP contribution in [0.15, 0.2) is 60.7 Å². The molecule has 0 bridgehead atoms. The number of hydrogen-bond acceptors (Lipinski definition) is 2. The van der Waals surface area contributed by atoms with Crippen LogP contribution in [0.25, 0.3) is 0 Å². The Morgan fingerprint density at radius 1 is 1.00 bits per heavy atom. The Labute approximate surface area is 144 Å². The van der Waals surface area contributed by atoms with Gasteiger partial charge in [-0.3, -0.25) is 9.69 Å². The van der Waals surface area contributed by atoms with Gasteiger partial charge in [-0.2, -0.15) is 0 Å². The topological polar surface area (TPSA) is 20.3 Å². The number of rotatable bonds is 6. The molecule has 0 atom stereocenters. The van der Waals surface area contributed by atoms with Crippen LogP contribution in [0.3, 0.4) is 0 Å². The van der Waals surface area contributed by atoms with Gasteiger partial charge >= 0.3 is 0 Å². The predicted molar refractivity (Wildman–Crippen MR) is 97.1 cm³/mol. The zero-order valence-corrected chi connectivity index (χ0v) is 14.4. The van der Waals surface area contributed by atoms with Crippen LogP contribution >= 0.6 is 12.4 Å². The van der Waals surface area contributed by atoms with E-state index in [9.17, 15) is 4.79 Å². The summed E-state index contributed by atoms with van der Waals surface area (Å²) in [4.78, 5) is 15.0. The molecule has 0 aliphatic heterocycles. The number of halogens is 1. The minimum Gasteiger partial charge on any atom is -0.293 e. The maximum Gasteiger partial charge on any atom is 0.176 e. The third kappa shape index (κ3) is 4.21. The van der Waals surface area contributed by atoms with Gasteiger partial charge in [-0.1, -0.05) is 60.7 Å². The molecule has 3 rings (SSSR count). The number of carbonyl (C=O) groups excluding carboxylic acids is 1. The molecule has 1 saturated carbocycles. The van der Waals surface area contributed by atoms with Crippen molar-refractivity contribution in [2.24, 2.45) is 0 Å². The van der Waals surface area contributed by atoms with Crippen LogP contribution in [0, 0.1) is 0 Å². The molecule has 122 valence electrons. The zero-order chi connectivity index (χ0) is 15.4. The number of benzene rings is 2. The SMILES string of the molecule is CC1(N(CC(=O)c2ccccc2)Cc2ccccc2)CCC1.Cl. The first kappa shape index (κ1) is 17.7. The molecule has 0 unspecified atom stereocenters. The molecule has 0 saturated heterocycles. The molecule has 1 aliphatic carbocycles. The van der Waals surface area contributed by atoms with Gasteiger partial charge in [0.05, 0.1) is 6.54 Å². The van der Waals surface area contributed by atoms with Crippen molar-refractivity contribution >= 4 is 18.2 Å². The lowest BCUT2D eigenvalue weighted by molar-refractivity contribution is 0.0254. The summed E-state index contributed by atoms with van der Waals surface area (Å²) in [6.07, 6.45) is 3.63. The molecule has 0 spiro atoms. The van der Waals surface area contributed by atoms with Crippen LogP contribution in [-0.2, 0) is 6.54 Å². The van der Waals surface area contributed by atoms with Gasteiger partial charge in [0.25, 0.3) is 0 Å². The summed E-state index contributed by atoms with van der Waals surface area (Å²) in [5, 5.41) is 0. The Morgan fingerprint density at radius 2 is 1.57 bits per heavy atom. The van der Waals surface area contributed by atoms with E-state index in [1.807, 2.05) is 36.4 Å². The fourth-order valence-electron chi connectivity index (χ4n) is 3.13. The van der Waals surface area contributed by atoms with Crippen molar-refractivity contribution in [3.05, 3.63) is 71.8 Å². The van der Waals surface area contributed by atoms with Gasteiger partial charge in [-0.15, -0.1) is 12.4 Å². The zero-order valence-electron chi connectivity index (χ0n) is 13.6. The van der Waals surface area contributed by atoms with Crippen LogP contribution in [0.5, 0.6) is 0 Å². The summed E-state index contributed by atoms with van der Waals surface area (Å²) >= 11 is 0. The van der Waals surface area contributed by atoms with E-state index in [4.69, 9.17) is 0 Å². The van der Waals surface area contributed by atoms with Crippen molar-refractivity contribution < 1.29 is 4.79 Å². The first-order valence-corrected chi connectivity index (χ1v) is 8.05. The molecule has 0 heterocycles. The molecule has 0 radical (unpaired) electrons. The minimum atomic E-state index is 0. The fraction of sp³-hybridized carbons (Fsp3) is 0.350. The van der Waals surface area contributed by atoms with Crippen LogP contribution in [0.2, 0.25) is 0 Å². The van der Waals surface area contributed by atoms with Crippen LogP contribution in [-0.4, -0.2) is 22.8 Å². The molecule has 2 aromatic carbocycles. The molecule has 0 amide bonds. The summed E-state index contributed by atoms with van der Waals surface area (Å²) in [6.45, 7) is 3.63. The summed E-state index contributed by atoms with van der Waals surface area (Å²) in [7, 11) is 0. The first-order valence-electron chi connectivity index (χ1n) is 8.05. The lowest BCUT2D eigenvalue weighted by atomic mass is 9.76. The molecule has 0 aromatic heterocycles. The highest BCUT2D eigenvalue weighted by molar-refractivity contribution is 5.97. The van der Waals surface area contributed by atoms with E-state index >= 15 is 0 Å². The average Bonchev–Trinajstić information content (AvgIpc) is 2.54. The summed E-state index contributed by atoms with van der Waals surface area (Å²) < 4.78 is 0. The summed E-state index contributed by atoms with van der Waals surface area (Å²) in [5.41, 5.74) is 2.25. The van der Waals surface area contributed by atoms with Crippen molar-refractivity contribution in [1.29, 1.82) is 0 Å². The van der Waals surface area contributed by atoms with Gasteiger partial charge in [-0.05, 0) is 31.7 Å². The maximum atomic E-state index is 12.6. The van der Waals surface area contributed by atoms with E-state index in [-0.39, 0.29) is 23.7 Å². The second-order valence-electron chi connectivity index (χ2n) is 6.48. The Morgan fingerprint density at radius 3 is 2.09 bits per heavy atom. The molecular weight excluding hydrogens is 306 g/mol. The number of Topliss-reactive ketones (excluding diaryl/α,β-unsaturated/α-hetero) is 1. The van der Waals surface area contributed by atoms with Crippen molar-refractivity contribution in [2.75, 3.05) is 6.54 Å². The Bertz CT molecular complexity index is 623.